The Balaban J connectivity index is 2.62. The van der Waals surface area contributed by atoms with Gasteiger partial charge in [-0.25, -0.2) is 4.79 Å². The first kappa shape index (κ1) is 21.6. The lowest BCUT2D eigenvalue weighted by Gasteiger charge is -2.34. The van der Waals surface area contributed by atoms with Crippen molar-refractivity contribution in [1.29, 1.82) is 0 Å². The van der Waals surface area contributed by atoms with Crippen LogP contribution in [0, 0.1) is 5.92 Å². The third-order valence-electron chi connectivity index (χ3n) is 3.87. The molecule has 1 aliphatic heterocycles. The summed E-state index contributed by atoms with van der Waals surface area (Å²) >= 11 is 7.08. The van der Waals surface area contributed by atoms with Crippen LogP contribution in [0.3, 0.4) is 0 Å². The number of hydrogen-bond acceptors (Lipinski definition) is 5. The number of carbonyl (C=O) groups excluding carboxylic acids is 2. The number of hydrogen-bond donors (Lipinski definition) is 2. The monoisotopic (exact) mass is 504 g/mol. The zero-order valence-corrected chi connectivity index (χ0v) is 18.7. The van der Waals surface area contributed by atoms with Crippen molar-refractivity contribution in [2.75, 3.05) is 13.7 Å². The molecule has 0 aromatic heterocycles. The first-order valence-electron chi connectivity index (χ1n) is 8.36. The van der Waals surface area contributed by atoms with Crippen LogP contribution in [-0.4, -0.2) is 31.8 Å². The molecule has 0 radical (unpaired) electrons. The number of esters is 1. The van der Waals surface area contributed by atoms with Crippen molar-refractivity contribution in [1.82, 2.24) is 10.6 Å². The highest BCUT2D eigenvalue weighted by molar-refractivity contribution is 9.13. The summed E-state index contributed by atoms with van der Waals surface area (Å²) < 4.78 is 17.8. The summed E-state index contributed by atoms with van der Waals surface area (Å²) in [4.78, 5) is 24.3. The van der Waals surface area contributed by atoms with Crippen LogP contribution in [0.25, 0.3) is 0 Å². The van der Waals surface area contributed by atoms with Gasteiger partial charge in [0.2, 0.25) is 0 Å². The number of benzene rings is 1. The zero-order chi connectivity index (χ0) is 20.3. The van der Waals surface area contributed by atoms with Crippen molar-refractivity contribution < 1.29 is 23.8 Å². The second kappa shape index (κ2) is 8.97. The number of ether oxygens (including phenoxy) is 3. The molecule has 1 aliphatic rings. The molecule has 1 aromatic rings. The van der Waals surface area contributed by atoms with E-state index in [1.165, 1.54) is 7.11 Å². The van der Waals surface area contributed by atoms with Crippen molar-refractivity contribution in [2.24, 2.45) is 5.92 Å². The Morgan fingerprint density at radius 2 is 2.00 bits per heavy atom. The minimum absolute atomic E-state index is 0.0700. The fourth-order valence-electron chi connectivity index (χ4n) is 2.79. The molecule has 2 atom stereocenters. The summed E-state index contributed by atoms with van der Waals surface area (Å²) in [5, 5.41) is 5.29. The molecule has 2 amide bonds. The van der Waals surface area contributed by atoms with Gasteiger partial charge < -0.3 is 24.8 Å². The first-order chi connectivity index (χ1) is 12.7. The molecule has 1 heterocycles. The summed E-state index contributed by atoms with van der Waals surface area (Å²) in [5.74, 6) is -0.280. The van der Waals surface area contributed by atoms with E-state index >= 15 is 0 Å². The Labute approximate surface area is 175 Å². The Hall–Kier alpha value is -1.74. The average molecular weight is 506 g/mol. The van der Waals surface area contributed by atoms with Gasteiger partial charge in [-0.05, 0) is 64.3 Å². The van der Waals surface area contributed by atoms with Crippen LogP contribution in [0.1, 0.15) is 32.4 Å². The van der Waals surface area contributed by atoms with Gasteiger partial charge in [-0.1, -0.05) is 6.58 Å². The highest BCUT2D eigenvalue weighted by Crippen LogP contribution is 2.47. The van der Waals surface area contributed by atoms with Crippen LogP contribution < -0.4 is 20.1 Å². The third kappa shape index (κ3) is 4.57. The number of methoxy groups -OCH3 is 1. The number of urea groups is 1. The van der Waals surface area contributed by atoms with Crippen molar-refractivity contribution in [3.63, 3.8) is 0 Å². The SMILES string of the molecule is C=C1NC(=O)NC(c2cc(OCC)c(OC(C)C)c(Br)c2Br)C1C(=O)OC. The predicted octanol–water partition coefficient (Wildman–Crippen LogP) is 4.05. The van der Waals surface area contributed by atoms with Gasteiger partial charge in [-0.15, -0.1) is 0 Å². The summed E-state index contributed by atoms with van der Waals surface area (Å²) in [6.07, 6.45) is -0.0700. The summed E-state index contributed by atoms with van der Waals surface area (Å²) in [6, 6.07) is 0.598. The van der Waals surface area contributed by atoms with Gasteiger partial charge in [-0.3, -0.25) is 4.79 Å². The van der Waals surface area contributed by atoms with Crippen LogP contribution in [0.15, 0.2) is 27.3 Å². The molecule has 1 fully saturated rings. The van der Waals surface area contributed by atoms with Gasteiger partial charge in [0.25, 0.3) is 0 Å². The van der Waals surface area contributed by atoms with Gasteiger partial charge >= 0.3 is 12.0 Å². The molecule has 148 valence electrons. The topological polar surface area (TPSA) is 85.9 Å². The Morgan fingerprint density at radius 3 is 2.56 bits per heavy atom. The highest BCUT2D eigenvalue weighted by Gasteiger charge is 2.40. The number of rotatable bonds is 6. The Bertz CT molecular complexity index is 767. The van der Waals surface area contributed by atoms with Crippen LogP contribution in [-0.2, 0) is 9.53 Å². The molecule has 2 rings (SSSR count). The molecule has 0 saturated carbocycles. The highest BCUT2D eigenvalue weighted by atomic mass is 79.9. The lowest BCUT2D eigenvalue weighted by Crippen LogP contribution is -2.51. The maximum absolute atomic E-state index is 12.3. The molecule has 2 N–H and O–H groups in total. The maximum Gasteiger partial charge on any atom is 0.319 e. The van der Waals surface area contributed by atoms with Crippen molar-refractivity contribution >= 4 is 43.9 Å². The van der Waals surface area contributed by atoms with Gasteiger partial charge in [0.15, 0.2) is 11.5 Å². The summed E-state index contributed by atoms with van der Waals surface area (Å²) in [5.41, 5.74) is 0.895. The Morgan fingerprint density at radius 1 is 1.33 bits per heavy atom. The fraction of sp³-hybridized carbons (Fsp3) is 0.444. The molecule has 0 bridgehead atoms. The smallest absolute Gasteiger partial charge is 0.319 e. The first-order valence-corrected chi connectivity index (χ1v) is 9.95. The molecule has 0 spiro atoms. The number of amides is 2. The van der Waals surface area contributed by atoms with Gasteiger partial charge in [0, 0.05) is 10.2 Å². The van der Waals surface area contributed by atoms with Crippen LogP contribution >= 0.6 is 31.9 Å². The summed E-state index contributed by atoms with van der Waals surface area (Å²) in [7, 11) is 1.29. The molecule has 1 aromatic carbocycles. The van der Waals surface area contributed by atoms with Crippen molar-refractivity contribution in [3.05, 3.63) is 32.9 Å². The minimum atomic E-state index is -0.803. The van der Waals surface area contributed by atoms with E-state index < -0.39 is 24.0 Å². The van der Waals surface area contributed by atoms with Gasteiger partial charge in [-0.2, -0.15) is 0 Å². The predicted molar refractivity (Wildman–Crippen MR) is 108 cm³/mol. The average Bonchev–Trinajstić information content (AvgIpc) is 2.59. The number of nitrogens with one attached hydrogen (secondary N) is 2. The second-order valence-electron chi connectivity index (χ2n) is 6.12. The molecule has 1 saturated heterocycles. The minimum Gasteiger partial charge on any atom is -0.490 e. The van der Waals surface area contributed by atoms with Crippen LogP contribution in [0.4, 0.5) is 4.79 Å². The van der Waals surface area contributed by atoms with Gasteiger partial charge in [0.1, 0.15) is 5.92 Å². The van der Waals surface area contributed by atoms with Gasteiger partial charge in [0.05, 0.1) is 30.3 Å². The lowest BCUT2D eigenvalue weighted by molar-refractivity contribution is -0.145. The molecule has 27 heavy (non-hydrogen) atoms. The van der Waals surface area contributed by atoms with E-state index in [1.807, 2.05) is 20.8 Å². The largest absolute Gasteiger partial charge is 0.490 e. The van der Waals surface area contributed by atoms with E-state index in [0.717, 1.165) is 0 Å². The molecular weight excluding hydrogens is 484 g/mol. The molecule has 0 aliphatic carbocycles. The Kier molecular flexibility index (Phi) is 7.16. The fourth-order valence-corrected chi connectivity index (χ4v) is 3.85. The maximum atomic E-state index is 12.3. The van der Waals surface area contributed by atoms with E-state index in [1.54, 1.807) is 6.07 Å². The standard InChI is InChI=1S/C18H22Br2N2O5/c1-6-26-11-7-10(13(19)14(20)16(11)27-8(2)3)15-12(17(23)25-5)9(4)21-18(24)22-15/h7-8,12,15H,4,6H2,1-3,5H3,(H2,21,22,24). The van der Waals surface area contributed by atoms with E-state index in [0.29, 0.717) is 32.6 Å². The van der Waals surface area contributed by atoms with E-state index in [-0.39, 0.29) is 11.8 Å². The zero-order valence-electron chi connectivity index (χ0n) is 15.5. The summed E-state index contributed by atoms with van der Waals surface area (Å²) in [6.45, 7) is 9.91. The third-order valence-corrected chi connectivity index (χ3v) is 6.01. The lowest BCUT2D eigenvalue weighted by atomic mass is 9.89. The molecule has 2 unspecified atom stereocenters. The van der Waals surface area contributed by atoms with Crippen LogP contribution in [0.2, 0.25) is 0 Å². The van der Waals surface area contributed by atoms with Crippen LogP contribution in [0.5, 0.6) is 11.5 Å². The molecular formula is C18H22Br2N2O5. The molecule has 9 heteroatoms. The van der Waals surface area contributed by atoms with Crippen molar-refractivity contribution in [2.45, 2.75) is 32.9 Å². The quantitative estimate of drug-likeness (QED) is 0.569. The molecule has 7 nitrogen and oxygen atoms in total. The number of halogens is 2. The second-order valence-corrected chi connectivity index (χ2v) is 7.71. The van der Waals surface area contributed by atoms with Crippen molar-refractivity contribution in [3.8, 4) is 11.5 Å². The normalized spacial score (nSPS) is 19.4. The number of carbonyl (C=O) groups is 2. The van der Waals surface area contributed by atoms with E-state index in [2.05, 4.69) is 49.1 Å². The van der Waals surface area contributed by atoms with E-state index in [9.17, 15) is 9.59 Å². The van der Waals surface area contributed by atoms with E-state index in [4.69, 9.17) is 14.2 Å².